The van der Waals surface area contributed by atoms with Crippen molar-refractivity contribution in [1.82, 2.24) is 4.90 Å². The van der Waals surface area contributed by atoms with Gasteiger partial charge in [0, 0.05) is 32.8 Å². The normalized spacial score (nSPS) is 10.8. The molecule has 0 heterocycles. The van der Waals surface area contributed by atoms with Crippen LogP contribution in [0.25, 0.3) is 6.08 Å². The van der Waals surface area contributed by atoms with Gasteiger partial charge in [0.05, 0.1) is 0 Å². The second kappa shape index (κ2) is 8.86. The molecule has 0 saturated carbocycles. The van der Waals surface area contributed by atoms with E-state index in [2.05, 4.69) is 35.7 Å². The van der Waals surface area contributed by atoms with Gasteiger partial charge in [-0.05, 0) is 24.0 Å². The molecule has 18 heavy (non-hydrogen) atoms. The number of rotatable bonds is 9. The highest BCUT2D eigenvalue weighted by Crippen LogP contribution is 2.09. The first kappa shape index (κ1) is 14.9. The zero-order valence-electron chi connectivity index (χ0n) is 10.9. The van der Waals surface area contributed by atoms with Crippen molar-refractivity contribution < 1.29 is 10.2 Å². The van der Waals surface area contributed by atoms with E-state index >= 15 is 0 Å². The second-order valence-electron chi connectivity index (χ2n) is 4.38. The molecule has 0 aliphatic carbocycles. The van der Waals surface area contributed by atoms with Gasteiger partial charge in [0.25, 0.3) is 0 Å². The van der Waals surface area contributed by atoms with Crippen LogP contribution in [0.5, 0.6) is 0 Å². The molecule has 100 valence electrons. The Morgan fingerprint density at radius 2 is 1.56 bits per heavy atom. The Kier molecular flexibility index (Phi) is 7.34. The molecule has 1 rings (SSSR count). The van der Waals surface area contributed by atoms with Crippen LogP contribution in [0.2, 0.25) is 0 Å². The summed E-state index contributed by atoms with van der Waals surface area (Å²) in [6, 6.07) is 8.31. The molecule has 3 heteroatoms. The molecule has 0 amide bonds. The SMILES string of the molecule is C=Cc1ccc(CN(CCCO)CCCO)cc1. The van der Waals surface area contributed by atoms with Gasteiger partial charge in [0.2, 0.25) is 0 Å². The quantitative estimate of drug-likeness (QED) is 0.702. The molecule has 1 aromatic carbocycles. The third-order valence-electron chi connectivity index (χ3n) is 2.89. The van der Waals surface area contributed by atoms with E-state index in [0.717, 1.165) is 38.0 Å². The molecule has 0 saturated heterocycles. The average Bonchev–Trinajstić information content (AvgIpc) is 2.42. The van der Waals surface area contributed by atoms with Crippen LogP contribution in [0.3, 0.4) is 0 Å². The maximum absolute atomic E-state index is 8.89. The molecule has 0 fully saturated rings. The van der Waals surface area contributed by atoms with Crippen LogP contribution < -0.4 is 0 Å². The Hall–Kier alpha value is -1.16. The molecule has 3 nitrogen and oxygen atoms in total. The first-order chi connectivity index (χ1) is 8.80. The Labute approximate surface area is 109 Å². The smallest absolute Gasteiger partial charge is 0.0443 e. The van der Waals surface area contributed by atoms with E-state index in [1.165, 1.54) is 5.56 Å². The van der Waals surface area contributed by atoms with Gasteiger partial charge in [-0.3, -0.25) is 4.90 Å². The Morgan fingerprint density at radius 3 is 2.00 bits per heavy atom. The van der Waals surface area contributed by atoms with Crippen molar-refractivity contribution in [3.05, 3.63) is 42.0 Å². The molecule has 0 radical (unpaired) electrons. The molecule has 0 bridgehead atoms. The minimum atomic E-state index is 0.213. The van der Waals surface area contributed by atoms with Gasteiger partial charge >= 0.3 is 0 Å². The summed E-state index contributed by atoms with van der Waals surface area (Å²) >= 11 is 0. The largest absolute Gasteiger partial charge is 0.396 e. The van der Waals surface area contributed by atoms with Crippen LogP contribution in [0.4, 0.5) is 0 Å². The molecule has 0 aliphatic heterocycles. The lowest BCUT2D eigenvalue weighted by molar-refractivity contribution is 0.196. The minimum Gasteiger partial charge on any atom is -0.396 e. The van der Waals surface area contributed by atoms with Crippen LogP contribution in [0.1, 0.15) is 24.0 Å². The van der Waals surface area contributed by atoms with Gasteiger partial charge in [-0.2, -0.15) is 0 Å². The zero-order valence-corrected chi connectivity index (χ0v) is 10.9. The molecule has 0 unspecified atom stereocenters. The third-order valence-corrected chi connectivity index (χ3v) is 2.89. The molecule has 0 aromatic heterocycles. The van der Waals surface area contributed by atoms with Gasteiger partial charge in [-0.15, -0.1) is 0 Å². The number of aliphatic hydroxyl groups is 2. The molecule has 0 aliphatic rings. The van der Waals surface area contributed by atoms with Crippen LogP contribution in [0, 0.1) is 0 Å². The lowest BCUT2D eigenvalue weighted by Crippen LogP contribution is -2.26. The molecular weight excluding hydrogens is 226 g/mol. The Morgan fingerprint density at radius 1 is 1.00 bits per heavy atom. The predicted molar refractivity (Wildman–Crippen MR) is 75.2 cm³/mol. The highest BCUT2D eigenvalue weighted by molar-refractivity contribution is 5.47. The summed E-state index contributed by atoms with van der Waals surface area (Å²) in [5.74, 6) is 0. The van der Waals surface area contributed by atoms with Gasteiger partial charge < -0.3 is 10.2 Å². The standard InChI is InChI=1S/C15H23NO2/c1-2-14-5-7-15(8-6-14)13-16(9-3-11-17)10-4-12-18/h2,5-8,17-18H,1,3-4,9-13H2. The van der Waals surface area contributed by atoms with Crippen molar-refractivity contribution in [3.8, 4) is 0 Å². The van der Waals surface area contributed by atoms with Gasteiger partial charge in [-0.1, -0.05) is 36.9 Å². The lowest BCUT2D eigenvalue weighted by Gasteiger charge is -2.21. The van der Waals surface area contributed by atoms with Crippen molar-refractivity contribution in [2.24, 2.45) is 0 Å². The van der Waals surface area contributed by atoms with Gasteiger partial charge in [0.15, 0.2) is 0 Å². The fourth-order valence-electron chi connectivity index (χ4n) is 1.88. The molecule has 1 aromatic rings. The lowest BCUT2D eigenvalue weighted by atomic mass is 10.1. The van der Waals surface area contributed by atoms with Gasteiger partial charge in [0.1, 0.15) is 0 Å². The van der Waals surface area contributed by atoms with Gasteiger partial charge in [-0.25, -0.2) is 0 Å². The summed E-state index contributed by atoms with van der Waals surface area (Å²) in [5.41, 5.74) is 2.37. The molecule has 2 N–H and O–H groups in total. The fraction of sp³-hybridized carbons (Fsp3) is 0.467. The number of hydrogen-bond donors (Lipinski definition) is 2. The summed E-state index contributed by atoms with van der Waals surface area (Å²) in [7, 11) is 0. The number of nitrogens with zero attached hydrogens (tertiary/aromatic N) is 1. The number of hydrogen-bond acceptors (Lipinski definition) is 3. The topological polar surface area (TPSA) is 43.7 Å². The van der Waals surface area contributed by atoms with E-state index < -0.39 is 0 Å². The van der Waals surface area contributed by atoms with Crippen LogP contribution >= 0.6 is 0 Å². The minimum absolute atomic E-state index is 0.213. The Balaban J connectivity index is 2.53. The van der Waals surface area contributed by atoms with Crippen LogP contribution in [-0.2, 0) is 6.54 Å². The van der Waals surface area contributed by atoms with Crippen molar-refractivity contribution in [2.45, 2.75) is 19.4 Å². The van der Waals surface area contributed by atoms with Crippen molar-refractivity contribution in [1.29, 1.82) is 0 Å². The van der Waals surface area contributed by atoms with E-state index in [0.29, 0.717) is 0 Å². The zero-order chi connectivity index (χ0) is 13.2. The van der Waals surface area contributed by atoms with Crippen molar-refractivity contribution in [3.63, 3.8) is 0 Å². The highest BCUT2D eigenvalue weighted by Gasteiger charge is 2.05. The second-order valence-corrected chi connectivity index (χ2v) is 4.38. The maximum Gasteiger partial charge on any atom is 0.0443 e. The van der Waals surface area contributed by atoms with Crippen LogP contribution in [-0.4, -0.2) is 41.4 Å². The van der Waals surface area contributed by atoms with Crippen molar-refractivity contribution >= 4 is 6.08 Å². The van der Waals surface area contributed by atoms with Crippen LogP contribution in [0.15, 0.2) is 30.8 Å². The van der Waals surface area contributed by atoms with E-state index in [9.17, 15) is 0 Å². The number of aliphatic hydroxyl groups excluding tert-OH is 2. The number of benzene rings is 1. The molecule has 0 atom stereocenters. The third kappa shape index (κ3) is 5.45. The van der Waals surface area contributed by atoms with E-state index in [1.54, 1.807) is 0 Å². The molecule has 0 spiro atoms. The summed E-state index contributed by atoms with van der Waals surface area (Å²) < 4.78 is 0. The molecular formula is C15H23NO2. The fourth-order valence-corrected chi connectivity index (χ4v) is 1.88. The van der Waals surface area contributed by atoms with E-state index in [1.807, 2.05) is 6.08 Å². The average molecular weight is 249 g/mol. The maximum atomic E-state index is 8.89. The summed E-state index contributed by atoms with van der Waals surface area (Å²) in [6.07, 6.45) is 3.38. The van der Waals surface area contributed by atoms with E-state index in [4.69, 9.17) is 10.2 Å². The highest BCUT2D eigenvalue weighted by atomic mass is 16.3. The first-order valence-electron chi connectivity index (χ1n) is 6.45. The van der Waals surface area contributed by atoms with Crippen molar-refractivity contribution in [2.75, 3.05) is 26.3 Å². The summed E-state index contributed by atoms with van der Waals surface area (Å²) in [5, 5.41) is 17.8. The summed E-state index contributed by atoms with van der Waals surface area (Å²) in [6.45, 7) is 6.74. The van der Waals surface area contributed by atoms with E-state index in [-0.39, 0.29) is 13.2 Å². The monoisotopic (exact) mass is 249 g/mol. The Bertz CT molecular complexity index is 327. The predicted octanol–water partition coefficient (Wildman–Crippen LogP) is 1.90. The summed E-state index contributed by atoms with van der Waals surface area (Å²) in [4.78, 5) is 2.26. The first-order valence-corrected chi connectivity index (χ1v) is 6.45.